The number of anilines is 1. The normalized spacial score (nSPS) is 20.1. The van der Waals surface area contributed by atoms with E-state index in [2.05, 4.69) is 10.3 Å². The lowest BCUT2D eigenvalue weighted by Gasteiger charge is -2.21. The topological polar surface area (TPSA) is 89.5 Å². The highest BCUT2D eigenvalue weighted by atomic mass is 16.2. The quantitative estimate of drug-likeness (QED) is 0.712. The lowest BCUT2D eigenvalue weighted by Crippen LogP contribution is -2.39. The standard InChI is InChI=1S/C12H12N4O2/c13-9-5-7(6-10-14-3-4-16(9)10)8-1-2-11(17)15-12(8)18/h3-6,8H,1-2,13H2,(H,15,17,18). The van der Waals surface area contributed by atoms with Crippen molar-refractivity contribution < 1.29 is 9.59 Å². The van der Waals surface area contributed by atoms with Gasteiger partial charge in [-0.25, -0.2) is 4.98 Å². The van der Waals surface area contributed by atoms with Gasteiger partial charge in [0.1, 0.15) is 11.5 Å². The van der Waals surface area contributed by atoms with Crippen molar-refractivity contribution in [1.29, 1.82) is 0 Å². The number of fused-ring (bicyclic) bond motifs is 1. The van der Waals surface area contributed by atoms with E-state index >= 15 is 0 Å². The number of piperidine rings is 1. The molecule has 3 N–H and O–H groups in total. The first kappa shape index (κ1) is 10.8. The predicted octanol–water partition coefficient (Wildman–Crippen LogP) is 0.437. The van der Waals surface area contributed by atoms with Gasteiger partial charge >= 0.3 is 0 Å². The Labute approximate surface area is 103 Å². The van der Waals surface area contributed by atoms with Crippen LogP contribution in [-0.2, 0) is 9.59 Å². The Balaban J connectivity index is 2.03. The number of hydrogen-bond donors (Lipinski definition) is 2. The minimum atomic E-state index is -0.327. The van der Waals surface area contributed by atoms with Crippen molar-refractivity contribution in [2.45, 2.75) is 18.8 Å². The largest absolute Gasteiger partial charge is 0.385 e. The number of nitrogens with two attached hydrogens (primary N) is 1. The van der Waals surface area contributed by atoms with Crippen LogP contribution < -0.4 is 11.1 Å². The summed E-state index contributed by atoms with van der Waals surface area (Å²) in [6.45, 7) is 0. The number of carbonyl (C=O) groups is 2. The summed E-state index contributed by atoms with van der Waals surface area (Å²) < 4.78 is 1.75. The molecular formula is C12H12N4O2. The second-order valence-electron chi connectivity index (χ2n) is 4.37. The number of pyridine rings is 1. The Hall–Kier alpha value is -2.37. The van der Waals surface area contributed by atoms with Crippen LogP contribution in [0.25, 0.3) is 5.65 Å². The maximum atomic E-state index is 11.8. The molecule has 3 rings (SSSR count). The first-order valence-electron chi connectivity index (χ1n) is 5.71. The molecule has 1 unspecified atom stereocenters. The molecule has 2 amide bonds. The average molecular weight is 244 g/mol. The van der Waals surface area contributed by atoms with E-state index in [0.717, 1.165) is 5.56 Å². The summed E-state index contributed by atoms with van der Waals surface area (Å²) in [5.74, 6) is -0.274. The van der Waals surface area contributed by atoms with Crippen molar-refractivity contribution >= 4 is 23.3 Å². The van der Waals surface area contributed by atoms with Crippen LogP contribution in [0.4, 0.5) is 5.82 Å². The number of rotatable bonds is 1. The zero-order valence-electron chi connectivity index (χ0n) is 9.59. The first-order chi connectivity index (χ1) is 8.65. The number of hydrogen-bond acceptors (Lipinski definition) is 4. The third kappa shape index (κ3) is 1.62. The van der Waals surface area contributed by atoms with Gasteiger partial charge in [-0.3, -0.25) is 19.3 Å². The van der Waals surface area contributed by atoms with Crippen LogP contribution in [0.5, 0.6) is 0 Å². The molecule has 3 heterocycles. The van der Waals surface area contributed by atoms with Gasteiger partial charge < -0.3 is 5.73 Å². The zero-order chi connectivity index (χ0) is 12.7. The van der Waals surface area contributed by atoms with Crippen LogP contribution >= 0.6 is 0 Å². The molecule has 1 atom stereocenters. The Bertz CT molecular complexity index is 647. The number of nitrogens with zero attached hydrogens (tertiary/aromatic N) is 2. The monoisotopic (exact) mass is 244 g/mol. The van der Waals surface area contributed by atoms with Gasteiger partial charge in [-0.05, 0) is 24.1 Å². The first-order valence-corrected chi connectivity index (χ1v) is 5.71. The van der Waals surface area contributed by atoms with Crippen LogP contribution in [0.3, 0.4) is 0 Å². The fourth-order valence-electron chi connectivity index (χ4n) is 2.28. The van der Waals surface area contributed by atoms with E-state index in [1.54, 1.807) is 22.9 Å². The number of nitrogen functional groups attached to an aromatic ring is 1. The molecule has 0 radical (unpaired) electrons. The van der Waals surface area contributed by atoms with Crippen molar-refractivity contribution in [3.05, 3.63) is 30.1 Å². The van der Waals surface area contributed by atoms with Gasteiger partial charge in [0.25, 0.3) is 0 Å². The van der Waals surface area contributed by atoms with E-state index in [0.29, 0.717) is 24.3 Å². The smallest absolute Gasteiger partial charge is 0.234 e. The Morgan fingerprint density at radius 3 is 3.00 bits per heavy atom. The highest BCUT2D eigenvalue weighted by Gasteiger charge is 2.28. The van der Waals surface area contributed by atoms with Crippen molar-refractivity contribution in [1.82, 2.24) is 14.7 Å². The molecule has 18 heavy (non-hydrogen) atoms. The van der Waals surface area contributed by atoms with Crippen molar-refractivity contribution in [2.75, 3.05) is 5.73 Å². The molecule has 6 heteroatoms. The Morgan fingerprint density at radius 1 is 1.39 bits per heavy atom. The van der Waals surface area contributed by atoms with E-state index in [9.17, 15) is 9.59 Å². The fourth-order valence-corrected chi connectivity index (χ4v) is 2.28. The molecule has 1 fully saturated rings. The summed E-state index contributed by atoms with van der Waals surface area (Å²) >= 11 is 0. The second kappa shape index (κ2) is 3.83. The average Bonchev–Trinajstić information content (AvgIpc) is 2.77. The number of imide groups is 1. The van der Waals surface area contributed by atoms with Gasteiger partial charge in [-0.15, -0.1) is 0 Å². The van der Waals surface area contributed by atoms with E-state index in [1.165, 1.54) is 0 Å². The van der Waals surface area contributed by atoms with Crippen LogP contribution in [-0.4, -0.2) is 21.2 Å². The van der Waals surface area contributed by atoms with Gasteiger partial charge in [-0.1, -0.05) is 0 Å². The van der Waals surface area contributed by atoms with E-state index < -0.39 is 0 Å². The fraction of sp³-hybridized carbons (Fsp3) is 0.250. The Morgan fingerprint density at radius 2 is 2.22 bits per heavy atom. The van der Waals surface area contributed by atoms with Gasteiger partial charge in [0.2, 0.25) is 11.8 Å². The summed E-state index contributed by atoms with van der Waals surface area (Å²) in [6.07, 6.45) is 4.29. The van der Waals surface area contributed by atoms with Crippen LogP contribution in [0.2, 0.25) is 0 Å². The lowest BCUT2D eigenvalue weighted by molar-refractivity contribution is -0.134. The Kier molecular flexibility index (Phi) is 2.29. The minimum Gasteiger partial charge on any atom is -0.385 e. The maximum absolute atomic E-state index is 11.8. The molecule has 0 bridgehead atoms. The molecular weight excluding hydrogens is 232 g/mol. The predicted molar refractivity (Wildman–Crippen MR) is 64.7 cm³/mol. The molecule has 0 aliphatic carbocycles. The summed E-state index contributed by atoms with van der Waals surface area (Å²) in [4.78, 5) is 27.1. The molecule has 2 aromatic heterocycles. The third-order valence-electron chi connectivity index (χ3n) is 3.20. The summed E-state index contributed by atoms with van der Waals surface area (Å²) in [7, 11) is 0. The summed E-state index contributed by atoms with van der Waals surface area (Å²) in [5.41, 5.74) is 7.41. The number of nitrogens with one attached hydrogen (secondary N) is 1. The number of carbonyl (C=O) groups excluding carboxylic acids is 2. The number of amides is 2. The molecule has 0 aromatic carbocycles. The van der Waals surface area contributed by atoms with Crippen LogP contribution in [0.15, 0.2) is 24.5 Å². The molecule has 0 saturated carbocycles. The van der Waals surface area contributed by atoms with Crippen molar-refractivity contribution in [2.24, 2.45) is 0 Å². The third-order valence-corrected chi connectivity index (χ3v) is 3.20. The van der Waals surface area contributed by atoms with E-state index in [4.69, 9.17) is 5.73 Å². The number of aromatic nitrogens is 2. The molecule has 92 valence electrons. The molecule has 0 spiro atoms. The van der Waals surface area contributed by atoms with Gasteiger partial charge in [0, 0.05) is 18.8 Å². The molecule has 1 saturated heterocycles. The molecule has 1 aliphatic heterocycles. The lowest BCUT2D eigenvalue weighted by atomic mass is 9.91. The van der Waals surface area contributed by atoms with Crippen LogP contribution in [0, 0.1) is 0 Å². The molecule has 2 aromatic rings. The van der Waals surface area contributed by atoms with Crippen molar-refractivity contribution in [3.63, 3.8) is 0 Å². The highest BCUT2D eigenvalue weighted by Crippen LogP contribution is 2.27. The van der Waals surface area contributed by atoms with Crippen molar-refractivity contribution in [3.8, 4) is 0 Å². The van der Waals surface area contributed by atoms with Gasteiger partial charge in [-0.2, -0.15) is 0 Å². The minimum absolute atomic E-state index is 0.217. The number of imidazole rings is 1. The SMILES string of the molecule is Nc1cc(C2CCC(=O)NC2=O)cc2nccn12. The summed E-state index contributed by atoms with van der Waals surface area (Å²) in [6, 6.07) is 3.59. The maximum Gasteiger partial charge on any atom is 0.234 e. The van der Waals surface area contributed by atoms with Crippen LogP contribution in [0.1, 0.15) is 24.3 Å². The highest BCUT2D eigenvalue weighted by molar-refractivity contribution is 6.01. The molecule has 6 nitrogen and oxygen atoms in total. The van der Waals surface area contributed by atoms with E-state index in [1.807, 2.05) is 6.07 Å². The second-order valence-corrected chi connectivity index (χ2v) is 4.37. The van der Waals surface area contributed by atoms with Gasteiger partial charge in [0.15, 0.2) is 0 Å². The zero-order valence-corrected chi connectivity index (χ0v) is 9.59. The summed E-state index contributed by atoms with van der Waals surface area (Å²) in [5, 5.41) is 2.34. The molecule has 1 aliphatic rings. The van der Waals surface area contributed by atoms with E-state index in [-0.39, 0.29) is 17.7 Å². The van der Waals surface area contributed by atoms with Gasteiger partial charge in [0.05, 0.1) is 5.92 Å².